The van der Waals surface area contributed by atoms with E-state index < -0.39 is 17.2 Å². The van der Waals surface area contributed by atoms with Crippen LogP contribution in [-0.4, -0.2) is 56.5 Å². The quantitative estimate of drug-likeness (QED) is 0.715. The molecule has 0 saturated carbocycles. The summed E-state index contributed by atoms with van der Waals surface area (Å²) in [5.41, 5.74) is -1.49. The number of pyridine rings is 1. The molecule has 0 atom stereocenters. The number of hydrogen-bond acceptors (Lipinski definition) is 4. The number of aryl methyl sites for hydroxylation is 1. The molecular formula is C21H23F2N5O. The van der Waals surface area contributed by atoms with E-state index in [-0.39, 0.29) is 25.5 Å². The summed E-state index contributed by atoms with van der Waals surface area (Å²) in [6.07, 6.45) is 5.33. The van der Waals surface area contributed by atoms with Crippen molar-refractivity contribution < 1.29 is 13.6 Å². The number of carbonyl (C=O) groups is 1. The summed E-state index contributed by atoms with van der Waals surface area (Å²) in [6.45, 7) is 2.72. The standard InChI is InChI=1S/C21H23F2N5O/c1-20(2,22)11-28-12-21(23,13-28)19(29)26-18-7-16-6-14(4-5-15(16)8-24-18)17-9-25-27(3)10-17/h4-10H,11-13H2,1-3H3,(H,24,26,29). The number of aromatic nitrogens is 3. The second-order valence-electron chi connectivity index (χ2n) is 8.32. The van der Waals surface area contributed by atoms with E-state index in [1.54, 1.807) is 28.0 Å². The Morgan fingerprint density at radius 1 is 1.21 bits per heavy atom. The molecule has 29 heavy (non-hydrogen) atoms. The van der Waals surface area contributed by atoms with Crippen LogP contribution in [0.2, 0.25) is 0 Å². The normalized spacial score (nSPS) is 16.6. The maximum Gasteiger partial charge on any atom is 0.265 e. The molecule has 0 aliphatic carbocycles. The maximum absolute atomic E-state index is 14.8. The van der Waals surface area contributed by atoms with Gasteiger partial charge in [0.2, 0.25) is 5.67 Å². The van der Waals surface area contributed by atoms with E-state index in [1.807, 2.05) is 31.4 Å². The molecule has 0 spiro atoms. The number of halogens is 2. The van der Waals surface area contributed by atoms with Crippen molar-refractivity contribution in [3.05, 3.63) is 42.9 Å². The molecule has 152 valence electrons. The number of nitrogens with zero attached hydrogens (tertiary/aromatic N) is 4. The van der Waals surface area contributed by atoms with E-state index in [9.17, 15) is 13.6 Å². The number of fused-ring (bicyclic) bond motifs is 1. The fraction of sp³-hybridized carbons (Fsp3) is 0.381. The van der Waals surface area contributed by atoms with E-state index in [2.05, 4.69) is 15.4 Å². The molecule has 1 aliphatic rings. The van der Waals surface area contributed by atoms with Gasteiger partial charge in [0.1, 0.15) is 11.5 Å². The Morgan fingerprint density at radius 2 is 1.97 bits per heavy atom. The highest BCUT2D eigenvalue weighted by molar-refractivity contribution is 5.99. The average molecular weight is 399 g/mol. The largest absolute Gasteiger partial charge is 0.308 e. The van der Waals surface area contributed by atoms with Crippen molar-refractivity contribution >= 4 is 22.5 Å². The molecule has 4 rings (SSSR count). The lowest BCUT2D eigenvalue weighted by molar-refractivity contribution is -0.141. The number of nitrogens with one attached hydrogen (secondary N) is 1. The van der Waals surface area contributed by atoms with Crippen LogP contribution in [0, 0.1) is 0 Å². The van der Waals surface area contributed by atoms with E-state index in [4.69, 9.17) is 0 Å². The number of anilines is 1. The van der Waals surface area contributed by atoms with Gasteiger partial charge in [0.15, 0.2) is 0 Å². The van der Waals surface area contributed by atoms with Gasteiger partial charge in [-0.3, -0.25) is 14.4 Å². The minimum Gasteiger partial charge on any atom is -0.308 e. The van der Waals surface area contributed by atoms with Gasteiger partial charge in [-0.2, -0.15) is 5.10 Å². The third-order valence-electron chi connectivity index (χ3n) is 4.96. The van der Waals surface area contributed by atoms with Crippen molar-refractivity contribution in [3.63, 3.8) is 0 Å². The number of benzene rings is 1. The summed E-state index contributed by atoms with van der Waals surface area (Å²) >= 11 is 0. The number of alkyl halides is 2. The predicted molar refractivity (Wildman–Crippen MR) is 108 cm³/mol. The van der Waals surface area contributed by atoms with Gasteiger partial charge in [-0.05, 0) is 36.9 Å². The van der Waals surface area contributed by atoms with Crippen molar-refractivity contribution in [1.29, 1.82) is 0 Å². The van der Waals surface area contributed by atoms with Gasteiger partial charge in [0, 0.05) is 50.0 Å². The minimum absolute atomic E-state index is 0.0945. The van der Waals surface area contributed by atoms with Gasteiger partial charge < -0.3 is 5.32 Å². The number of amides is 1. The van der Waals surface area contributed by atoms with Gasteiger partial charge in [0.25, 0.3) is 5.91 Å². The van der Waals surface area contributed by atoms with Crippen LogP contribution >= 0.6 is 0 Å². The molecule has 8 heteroatoms. The summed E-state index contributed by atoms with van der Waals surface area (Å²) in [5, 5.41) is 8.52. The van der Waals surface area contributed by atoms with Crippen LogP contribution in [0.5, 0.6) is 0 Å². The van der Waals surface area contributed by atoms with Crippen LogP contribution in [0.1, 0.15) is 13.8 Å². The minimum atomic E-state index is -2.03. The van der Waals surface area contributed by atoms with E-state index >= 15 is 0 Å². The molecule has 1 aromatic carbocycles. The van der Waals surface area contributed by atoms with Crippen LogP contribution in [0.25, 0.3) is 21.9 Å². The van der Waals surface area contributed by atoms with E-state index in [0.29, 0.717) is 0 Å². The van der Waals surface area contributed by atoms with E-state index in [0.717, 1.165) is 21.9 Å². The first-order valence-electron chi connectivity index (χ1n) is 9.42. The van der Waals surface area contributed by atoms with Gasteiger partial charge in [0.05, 0.1) is 6.20 Å². The second kappa shape index (κ2) is 6.88. The smallest absolute Gasteiger partial charge is 0.265 e. The monoisotopic (exact) mass is 399 g/mol. The van der Waals surface area contributed by atoms with Crippen LogP contribution in [0.15, 0.2) is 42.9 Å². The highest BCUT2D eigenvalue weighted by atomic mass is 19.1. The topological polar surface area (TPSA) is 63.1 Å². The van der Waals surface area contributed by atoms with Gasteiger partial charge in [-0.25, -0.2) is 13.8 Å². The maximum atomic E-state index is 14.8. The number of hydrogen-bond donors (Lipinski definition) is 1. The molecule has 0 bridgehead atoms. The molecule has 3 aromatic rings. The number of likely N-dealkylation sites (tertiary alicyclic amines) is 1. The SMILES string of the molecule is Cn1cc(-c2ccc3cnc(NC(=O)C4(F)CN(CC(C)(C)F)C4)cc3c2)cn1. The molecule has 1 N–H and O–H groups in total. The third kappa shape index (κ3) is 4.12. The first-order valence-corrected chi connectivity index (χ1v) is 9.42. The molecule has 6 nitrogen and oxygen atoms in total. The highest BCUT2D eigenvalue weighted by Gasteiger charge is 2.51. The Morgan fingerprint density at radius 3 is 2.62 bits per heavy atom. The molecule has 1 fully saturated rings. The summed E-state index contributed by atoms with van der Waals surface area (Å²) in [4.78, 5) is 18.2. The van der Waals surface area contributed by atoms with Crippen molar-refractivity contribution in [2.24, 2.45) is 7.05 Å². The third-order valence-corrected chi connectivity index (χ3v) is 4.96. The van der Waals surface area contributed by atoms with Gasteiger partial charge in [-0.15, -0.1) is 0 Å². The predicted octanol–water partition coefficient (Wildman–Crippen LogP) is 3.35. The van der Waals surface area contributed by atoms with Crippen molar-refractivity contribution in [2.45, 2.75) is 25.2 Å². The first kappa shape index (κ1) is 19.4. The van der Waals surface area contributed by atoms with Crippen molar-refractivity contribution in [2.75, 3.05) is 25.0 Å². The molecule has 1 aliphatic heterocycles. The average Bonchev–Trinajstić information content (AvgIpc) is 3.05. The zero-order chi connectivity index (χ0) is 20.8. The van der Waals surface area contributed by atoms with Crippen molar-refractivity contribution in [3.8, 4) is 11.1 Å². The van der Waals surface area contributed by atoms with Crippen LogP contribution < -0.4 is 5.32 Å². The lowest BCUT2D eigenvalue weighted by atomic mass is 9.93. The molecule has 3 heterocycles. The molecule has 2 aromatic heterocycles. The van der Waals surface area contributed by atoms with Gasteiger partial charge in [-0.1, -0.05) is 12.1 Å². The fourth-order valence-electron chi connectivity index (χ4n) is 3.64. The highest BCUT2D eigenvalue weighted by Crippen LogP contribution is 2.30. The summed E-state index contributed by atoms with van der Waals surface area (Å²) in [5.74, 6) is -0.465. The summed E-state index contributed by atoms with van der Waals surface area (Å²) in [7, 11) is 1.85. The molecule has 0 radical (unpaired) electrons. The Labute approximate surface area is 167 Å². The Kier molecular flexibility index (Phi) is 4.61. The van der Waals surface area contributed by atoms with Crippen LogP contribution in [0.3, 0.4) is 0 Å². The fourth-order valence-corrected chi connectivity index (χ4v) is 3.64. The van der Waals surface area contributed by atoms with Crippen molar-refractivity contribution in [1.82, 2.24) is 19.7 Å². The van der Waals surface area contributed by atoms with Crippen LogP contribution in [-0.2, 0) is 11.8 Å². The molecule has 0 unspecified atom stereocenters. The second-order valence-corrected chi connectivity index (χ2v) is 8.32. The first-order chi connectivity index (χ1) is 13.6. The van der Waals surface area contributed by atoms with E-state index in [1.165, 1.54) is 13.8 Å². The molecule has 1 saturated heterocycles. The Hall–Kier alpha value is -2.87. The van der Waals surface area contributed by atoms with Gasteiger partial charge >= 0.3 is 0 Å². The lowest BCUT2D eigenvalue weighted by Gasteiger charge is -2.44. The molecule has 1 amide bonds. The Bertz CT molecular complexity index is 1070. The number of carbonyl (C=O) groups excluding carboxylic acids is 1. The lowest BCUT2D eigenvalue weighted by Crippen LogP contribution is -2.66. The zero-order valence-corrected chi connectivity index (χ0v) is 16.6. The summed E-state index contributed by atoms with van der Waals surface area (Å²) in [6, 6.07) is 7.61. The zero-order valence-electron chi connectivity index (χ0n) is 16.6. The number of rotatable bonds is 5. The Balaban J connectivity index is 1.49. The summed E-state index contributed by atoms with van der Waals surface area (Å²) < 4.78 is 30.2. The van der Waals surface area contributed by atoms with Crippen LogP contribution in [0.4, 0.5) is 14.6 Å². The molecular weight excluding hydrogens is 376 g/mol.